The average molecular weight is 530 g/mol. The van der Waals surface area contributed by atoms with Gasteiger partial charge in [-0.1, -0.05) is 6.08 Å². The molecule has 11 heteroatoms. The van der Waals surface area contributed by atoms with E-state index in [4.69, 9.17) is 60.1 Å². The van der Waals surface area contributed by atoms with E-state index in [0.717, 1.165) is 0 Å². The van der Waals surface area contributed by atoms with Crippen molar-refractivity contribution >= 4 is 69.6 Å². The molecule has 0 saturated heterocycles. The van der Waals surface area contributed by atoms with Gasteiger partial charge in [-0.25, -0.2) is 44.4 Å². The van der Waals surface area contributed by atoms with Crippen molar-refractivity contribution in [2.75, 3.05) is 0 Å². The first-order valence-electron chi connectivity index (χ1n) is 11.7. The highest BCUT2D eigenvalue weighted by Gasteiger charge is 2.20. The van der Waals surface area contributed by atoms with Crippen LogP contribution >= 0.6 is 0 Å². The van der Waals surface area contributed by atoms with E-state index >= 15 is 0 Å². The first-order valence-corrected chi connectivity index (χ1v) is 11.7. The number of nitrogens with zero attached hydrogens (tertiary/aromatic N) is 11. The fraction of sp³-hybridized carbons (Fsp3) is 0.0333. The highest BCUT2D eigenvalue weighted by atomic mass is 14.9. The maximum absolute atomic E-state index is 9.13. The highest BCUT2D eigenvalue weighted by molar-refractivity contribution is 6.18. The molecule has 11 nitrogen and oxygen atoms in total. The van der Waals surface area contributed by atoms with Crippen molar-refractivity contribution < 1.29 is 0 Å². The molecule has 3 aromatic heterocycles. The lowest BCUT2D eigenvalue weighted by Crippen LogP contribution is -2.04. The van der Waals surface area contributed by atoms with Gasteiger partial charge in [-0.15, -0.1) is 0 Å². The minimum atomic E-state index is 0.293. The lowest BCUT2D eigenvalue weighted by atomic mass is 10.1. The van der Waals surface area contributed by atoms with Crippen LogP contribution in [0, 0.1) is 42.4 Å². The first-order chi connectivity index (χ1) is 20.1. The van der Waals surface area contributed by atoms with Crippen LogP contribution in [0.2, 0.25) is 0 Å². The van der Waals surface area contributed by atoms with E-state index in [1.807, 2.05) is 19.1 Å². The second kappa shape index (κ2) is 12.6. The zero-order chi connectivity index (χ0) is 29.2. The Kier molecular flexibility index (Phi) is 8.34. The second-order valence-electron chi connectivity index (χ2n) is 7.83. The summed E-state index contributed by atoms with van der Waals surface area (Å²) < 4.78 is 0. The van der Waals surface area contributed by atoms with Gasteiger partial charge in [0.1, 0.15) is 33.1 Å². The molecule has 41 heavy (non-hydrogen) atoms. The van der Waals surface area contributed by atoms with Gasteiger partial charge in [0, 0.05) is 12.2 Å². The van der Waals surface area contributed by atoms with Crippen molar-refractivity contribution in [3.8, 4) is 12.1 Å². The van der Waals surface area contributed by atoms with Crippen LogP contribution in [-0.4, -0.2) is 29.9 Å². The predicted molar refractivity (Wildman–Crippen MR) is 157 cm³/mol. The van der Waals surface area contributed by atoms with Gasteiger partial charge in [-0.05, 0) is 43.4 Å². The molecule has 0 N–H and O–H groups in total. The fourth-order valence-corrected chi connectivity index (χ4v) is 3.82. The summed E-state index contributed by atoms with van der Waals surface area (Å²) in [6.45, 7) is 23.3. The van der Waals surface area contributed by atoms with Crippen LogP contribution in [-0.2, 0) is 0 Å². The summed E-state index contributed by atoms with van der Waals surface area (Å²) in [6.07, 6.45) is 17.2. The van der Waals surface area contributed by atoms with Crippen molar-refractivity contribution in [2.24, 2.45) is 0 Å². The van der Waals surface area contributed by atoms with E-state index in [9.17, 15) is 0 Å². The van der Waals surface area contributed by atoms with Gasteiger partial charge < -0.3 is 0 Å². The lowest BCUT2D eigenvalue weighted by molar-refractivity contribution is 1.19. The number of aromatic nitrogens is 6. The van der Waals surface area contributed by atoms with Crippen LogP contribution in [0.4, 0.5) is 0 Å². The van der Waals surface area contributed by atoms with Crippen LogP contribution in [0.1, 0.15) is 41.1 Å². The van der Waals surface area contributed by atoms with Gasteiger partial charge >= 0.3 is 0 Å². The number of fused-ring (bicyclic) bond motifs is 6. The molecule has 0 fully saturated rings. The van der Waals surface area contributed by atoms with E-state index in [2.05, 4.69) is 14.5 Å². The van der Waals surface area contributed by atoms with Crippen molar-refractivity contribution in [2.45, 2.75) is 6.92 Å². The summed E-state index contributed by atoms with van der Waals surface area (Å²) in [5.74, 6) is 0. The number of nitriles is 2. The smallest absolute Gasteiger partial charge is 0.156 e. The van der Waals surface area contributed by atoms with E-state index in [1.54, 1.807) is 12.2 Å². The number of hydrogen-bond acceptors (Lipinski definition) is 8. The monoisotopic (exact) mass is 529 g/mol. The Labute approximate surface area is 234 Å². The van der Waals surface area contributed by atoms with Crippen molar-refractivity contribution in [1.29, 1.82) is 10.5 Å². The lowest BCUT2D eigenvalue weighted by Gasteiger charge is -2.13. The Morgan fingerprint density at radius 2 is 0.756 bits per heavy atom. The summed E-state index contributed by atoms with van der Waals surface area (Å²) >= 11 is 0. The fourth-order valence-electron chi connectivity index (χ4n) is 3.82. The molecule has 3 heterocycles. The third kappa shape index (κ3) is 5.54. The molecule has 190 valence electrons. The molecule has 4 rings (SSSR count). The number of hydrogen-bond donors (Lipinski definition) is 0. The van der Waals surface area contributed by atoms with Crippen LogP contribution < -0.4 is 0 Å². The van der Waals surface area contributed by atoms with E-state index in [-0.39, 0.29) is 0 Å². The normalized spacial score (nSPS) is 11.8. The van der Waals surface area contributed by atoms with Gasteiger partial charge in [0.15, 0.2) is 18.6 Å². The molecular formula is C30H15N11. The van der Waals surface area contributed by atoms with Crippen LogP contribution in [0.5, 0.6) is 0 Å². The van der Waals surface area contributed by atoms with E-state index < -0.39 is 0 Å². The van der Waals surface area contributed by atoms with Crippen molar-refractivity contribution in [3.05, 3.63) is 105 Å². The largest absolute Gasteiger partial charge is 0.246 e. The van der Waals surface area contributed by atoms with Crippen LogP contribution in [0.25, 0.3) is 84.1 Å². The number of rotatable bonds is 6. The number of benzene rings is 1. The molecule has 0 atom stereocenters. The van der Waals surface area contributed by atoms with E-state index in [0.29, 0.717) is 67.3 Å². The van der Waals surface area contributed by atoms with E-state index in [1.165, 1.54) is 61.1 Å². The maximum atomic E-state index is 9.13. The van der Waals surface area contributed by atoms with Gasteiger partial charge in [0.05, 0.1) is 66.0 Å². The molecule has 0 aliphatic carbocycles. The SMILES string of the molecule is [C-]#[N+]/C=C/c1nc2c(nc1/C=C/C#N)c1nc(/C=C/C)c(/C=C/C#N)nc1c1nc(/C=C/[N+]#[C-])c(/C=C/[N+]#[C-])nc21. The first kappa shape index (κ1) is 27.2. The molecule has 0 aliphatic rings. The molecule has 0 radical (unpaired) electrons. The maximum Gasteiger partial charge on any atom is 0.156 e. The van der Waals surface area contributed by atoms with Crippen molar-refractivity contribution in [3.63, 3.8) is 0 Å². The molecule has 0 spiro atoms. The second-order valence-corrected chi connectivity index (χ2v) is 7.83. The van der Waals surface area contributed by atoms with Crippen LogP contribution in [0.3, 0.4) is 0 Å². The number of allylic oxidation sites excluding steroid dienone is 3. The molecular weight excluding hydrogens is 514 g/mol. The van der Waals surface area contributed by atoms with Gasteiger partial charge in [-0.3, -0.25) is 0 Å². The highest BCUT2D eigenvalue weighted by Crippen LogP contribution is 2.32. The van der Waals surface area contributed by atoms with Crippen molar-refractivity contribution in [1.82, 2.24) is 29.9 Å². The summed E-state index contributed by atoms with van der Waals surface area (Å²) in [4.78, 5) is 38.4. The molecule has 1 aromatic carbocycles. The predicted octanol–water partition coefficient (Wildman–Crippen LogP) is 6.29. The summed E-state index contributed by atoms with van der Waals surface area (Å²) in [5.41, 5.74) is 4.01. The quantitative estimate of drug-likeness (QED) is 0.161. The zero-order valence-electron chi connectivity index (χ0n) is 21.3. The molecule has 0 saturated carbocycles. The zero-order valence-corrected chi connectivity index (χ0v) is 21.3. The van der Waals surface area contributed by atoms with Gasteiger partial charge in [0.25, 0.3) is 0 Å². The standard InChI is InChI=1S/C30H15N11/c1-5-8-19-20(9-6-14-31)37-26-25(36-19)27-28(39-22(11-16-33-2)21(38-27)10-7-15-32)30-29(26)40-23(12-17-34-3)24(41-30)13-18-35-4/h5-13,16-18H,1H3/b8-5+,9-6+,10-7+,16-11+,17-12+,18-13+. The minimum absolute atomic E-state index is 0.293. The summed E-state index contributed by atoms with van der Waals surface area (Å²) in [5, 5.41) is 18.3. The van der Waals surface area contributed by atoms with Crippen LogP contribution in [0.15, 0.2) is 36.8 Å². The Morgan fingerprint density at radius 1 is 0.488 bits per heavy atom. The summed E-state index contributed by atoms with van der Waals surface area (Å²) in [6, 6.07) is 3.89. The molecule has 0 bridgehead atoms. The molecule has 0 aliphatic heterocycles. The molecule has 0 unspecified atom stereocenters. The average Bonchev–Trinajstić information content (AvgIpc) is 2.99. The third-order valence-electron chi connectivity index (χ3n) is 5.40. The Hall–Kier alpha value is -6.87. The third-order valence-corrected chi connectivity index (χ3v) is 5.40. The Balaban J connectivity index is 2.33. The Morgan fingerprint density at radius 3 is 1.00 bits per heavy atom. The molecule has 0 amide bonds. The summed E-state index contributed by atoms with van der Waals surface area (Å²) in [7, 11) is 0. The Bertz CT molecular complexity index is 2050. The minimum Gasteiger partial charge on any atom is -0.246 e. The van der Waals surface area contributed by atoms with Gasteiger partial charge in [0.2, 0.25) is 0 Å². The topological polar surface area (TPSA) is 138 Å². The molecule has 4 aromatic rings. The van der Waals surface area contributed by atoms with Gasteiger partial charge in [-0.2, -0.15) is 10.5 Å².